The van der Waals surface area contributed by atoms with Crippen molar-refractivity contribution in [3.63, 3.8) is 0 Å². The van der Waals surface area contributed by atoms with Gasteiger partial charge in [-0.15, -0.1) is 23.8 Å². The Balaban J connectivity index is 0.000000235. The van der Waals surface area contributed by atoms with E-state index in [1.807, 2.05) is 32.2 Å². The van der Waals surface area contributed by atoms with Crippen molar-refractivity contribution in [2.45, 2.75) is 57.6 Å². The third kappa shape index (κ3) is 7.31. The molecule has 0 saturated carbocycles. The van der Waals surface area contributed by atoms with Gasteiger partial charge >= 0.3 is 131 Å². The zero-order valence-corrected chi connectivity index (χ0v) is 29.6. The zero-order chi connectivity index (χ0) is 38.6. The summed E-state index contributed by atoms with van der Waals surface area (Å²) in [6.45, 7) is -3.26. The Morgan fingerprint density at radius 1 is 0.930 bits per heavy atom. The quantitative estimate of drug-likeness (QED) is 0.131. The van der Waals surface area contributed by atoms with E-state index >= 15 is 0 Å². The van der Waals surface area contributed by atoms with Crippen LogP contribution in [0, 0.1) is 38.5 Å². The van der Waals surface area contributed by atoms with Crippen molar-refractivity contribution in [2.75, 3.05) is 0 Å². The third-order valence-corrected chi connectivity index (χ3v) is 12.1. The average Bonchev–Trinajstić information content (AvgIpc) is 3.41. The fourth-order valence-corrected chi connectivity index (χ4v) is 9.08. The molecule has 0 saturated heterocycles. The SMILES string of the molecule is [2H]C([2H])([2H])c1c[c-]c(-c2cc(C([2H])(C)C)[c]([Ge]([CH3])([CH3])[CH3])cn2)cc1.[2H]C([2H])([2H])c1ccc2c(n1)sc1c(-c3cc(C([2H])([2H])[2H])c(F)cn3)[c-]ccc12.[Ir]. The Kier molecular flexibility index (Phi) is 6.85. The van der Waals surface area contributed by atoms with Gasteiger partial charge in [-0.2, -0.15) is 11.3 Å². The van der Waals surface area contributed by atoms with Crippen LogP contribution in [0.1, 0.15) is 55.8 Å². The van der Waals surface area contributed by atoms with Gasteiger partial charge in [0.15, 0.2) is 0 Å². The molecular weight excluding hydrogens is 790 g/mol. The Morgan fingerprint density at radius 3 is 2.42 bits per heavy atom. The minimum Gasteiger partial charge on any atom is -0.302 e. The molecule has 0 atom stereocenters. The summed E-state index contributed by atoms with van der Waals surface area (Å²) in [6, 6.07) is 20.8. The normalized spacial score (nSPS) is 16.0. The van der Waals surface area contributed by atoms with E-state index in [2.05, 4.69) is 44.4 Å². The van der Waals surface area contributed by atoms with Crippen molar-refractivity contribution < 1.29 is 38.2 Å². The summed E-state index contributed by atoms with van der Waals surface area (Å²) in [6.07, 6.45) is 2.80. The molecule has 1 radical (unpaired) electrons. The minimum absolute atomic E-state index is 0. The van der Waals surface area contributed by atoms with Crippen LogP contribution >= 0.6 is 11.3 Å². The molecule has 0 aliphatic heterocycles. The van der Waals surface area contributed by atoms with E-state index in [0.29, 0.717) is 10.4 Å². The molecule has 3 nitrogen and oxygen atoms in total. The van der Waals surface area contributed by atoms with Crippen LogP contribution in [0.4, 0.5) is 4.39 Å². The summed E-state index contributed by atoms with van der Waals surface area (Å²) in [5.74, 6) is 5.29. The number of pyridine rings is 3. The second-order valence-corrected chi connectivity index (χ2v) is 22.7. The monoisotopic (exact) mass is 838 g/mol. The third-order valence-electron chi connectivity index (χ3n) is 6.75. The standard InChI is InChI=1S/C18H12FN2S.C18H24GeN.Ir/c1-10-8-16(20-9-15(10)19)14-5-3-4-12-13-7-6-11(2)21-18(13)22-17(12)14;1-13(2)16-11-18(15-9-7-14(3)8-10-15)20-12-17(16)19(4,5)6;/h3-4,6-9H,1-2H3;7-9,11-13H,1-6H3;/q2*-1;/i1D3,2D3;3D3,13D;. The molecule has 0 amide bonds. The molecule has 0 bridgehead atoms. The van der Waals surface area contributed by atoms with Crippen molar-refractivity contribution in [1.82, 2.24) is 15.0 Å². The van der Waals surface area contributed by atoms with Gasteiger partial charge in [-0.1, -0.05) is 17.5 Å². The van der Waals surface area contributed by atoms with Gasteiger partial charge in [0, 0.05) is 34.0 Å². The van der Waals surface area contributed by atoms with E-state index in [1.165, 1.54) is 33.9 Å². The van der Waals surface area contributed by atoms with Crippen LogP contribution in [-0.2, 0) is 20.1 Å². The number of nitrogens with zero attached hydrogens (tertiary/aromatic N) is 3. The Morgan fingerprint density at radius 2 is 1.74 bits per heavy atom. The molecule has 6 rings (SSSR count). The number of fused-ring (bicyclic) bond motifs is 3. The molecule has 7 heteroatoms. The Bertz CT molecular complexity index is 2260. The molecular formula is C36H36FGeIrN3S-2. The van der Waals surface area contributed by atoms with E-state index in [0.717, 1.165) is 38.5 Å². The second kappa shape index (κ2) is 13.5. The number of benzene rings is 2. The fraction of sp³-hybridized carbons (Fsp3) is 0.250. The summed E-state index contributed by atoms with van der Waals surface area (Å²) in [5.41, 5.74) is 3.15. The van der Waals surface area contributed by atoms with E-state index in [4.69, 9.17) is 13.7 Å². The average molecular weight is 837 g/mol. The first-order valence-corrected chi connectivity index (χ1v) is 21.5. The number of aryl methyl sites for hydroxylation is 3. The topological polar surface area (TPSA) is 38.7 Å². The van der Waals surface area contributed by atoms with Crippen LogP contribution in [-0.4, -0.2) is 28.2 Å². The van der Waals surface area contributed by atoms with E-state index in [9.17, 15) is 4.39 Å². The van der Waals surface area contributed by atoms with Gasteiger partial charge in [0.25, 0.3) is 0 Å². The summed E-state index contributed by atoms with van der Waals surface area (Å²) in [5, 5.41) is 1.60. The van der Waals surface area contributed by atoms with Gasteiger partial charge in [0.05, 0.1) is 6.20 Å². The molecule has 2 aromatic carbocycles. The number of hydrogen-bond acceptors (Lipinski definition) is 4. The molecule has 43 heavy (non-hydrogen) atoms. The Labute approximate surface area is 288 Å². The molecule has 6 aromatic rings. The maximum Gasteiger partial charge on any atom is 0.142 e. The van der Waals surface area contributed by atoms with E-state index in [-0.39, 0.29) is 37.1 Å². The molecule has 0 N–H and O–H groups in total. The van der Waals surface area contributed by atoms with E-state index in [1.54, 1.807) is 24.3 Å². The number of halogens is 1. The molecule has 0 spiro atoms. The first-order valence-electron chi connectivity index (χ1n) is 18.3. The zero-order valence-electron chi connectivity index (χ0n) is 34.3. The Hall–Kier alpha value is -2.77. The molecule has 4 heterocycles. The van der Waals surface area contributed by atoms with Crippen molar-refractivity contribution in [1.29, 1.82) is 0 Å². The largest absolute Gasteiger partial charge is 0.302 e. The summed E-state index contributed by atoms with van der Waals surface area (Å²) >= 11 is -0.876. The predicted octanol–water partition coefficient (Wildman–Crippen LogP) is 9.59. The fourth-order valence-electron chi connectivity index (χ4n) is 4.59. The smallest absolute Gasteiger partial charge is 0.142 e. The maximum atomic E-state index is 13.9. The van der Waals surface area contributed by atoms with Crippen molar-refractivity contribution in [3.8, 4) is 22.5 Å². The second-order valence-electron chi connectivity index (χ2n) is 11.2. The van der Waals surface area contributed by atoms with Crippen molar-refractivity contribution >= 4 is 49.3 Å². The van der Waals surface area contributed by atoms with Crippen molar-refractivity contribution in [3.05, 3.63) is 107 Å². The minimum atomic E-state index is -2.61. The van der Waals surface area contributed by atoms with E-state index < -0.39 is 51.1 Å². The molecule has 0 aliphatic rings. The maximum absolute atomic E-state index is 13.9. The van der Waals surface area contributed by atoms with Gasteiger partial charge in [-0.25, -0.2) is 9.37 Å². The number of aromatic nitrogens is 3. The molecule has 0 fully saturated rings. The number of hydrogen-bond donors (Lipinski definition) is 0. The predicted molar refractivity (Wildman–Crippen MR) is 179 cm³/mol. The van der Waals surface area contributed by atoms with Gasteiger partial charge in [-0.05, 0) is 41.1 Å². The number of rotatable bonds is 4. The van der Waals surface area contributed by atoms with Crippen LogP contribution < -0.4 is 4.40 Å². The first kappa shape index (κ1) is 21.9. The molecule has 0 aliphatic carbocycles. The van der Waals surface area contributed by atoms with Crippen LogP contribution in [0.3, 0.4) is 0 Å². The van der Waals surface area contributed by atoms with Crippen LogP contribution in [0.5, 0.6) is 0 Å². The summed E-state index contributed by atoms with van der Waals surface area (Å²) in [4.78, 5) is 13.4. The summed E-state index contributed by atoms with van der Waals surface area (Å²) < 4.78 is 91.8. The molecule has 223 valence electrons. The van der Waals surface area contributed by atoms with Crippen LogP contribution in [0.2, 0.25) is 17.3 Å². The first-order chi connectivity index (χ1) is 23.9. The van der Waals surface area contributed by atoms with Gasteiger partial charge in [0.2, 0.25) is 0 Å². The summed E-state index contributed by atoms with van der Waals surface area (Å²) in [7, 11) is 0. The van der Waals surface area contributed by atoms with Crippen LogP contribution in [0.25, 0.3) is 42.8 Å². The van der Waals surface area contributed by atoms with Crippen LogP contribution in [0.15, 0.2) is 67.0 Å². The van der Waals surface area contributed by atoms with Gasteiger partial charge in [0.1, 0.15) is 10.6 Å². The van der Waals surface area contributed by atoms with Crippen molar-refractivity contribution in [2.24, 2.45) is 0 Å². The molecule has 4 aromatic heterocycles. The molecule has 0 unspecified atom stereocenters. The van der Waals surface area contributed by atoms with Gasteiger partial charge < -0.3 is 4.98 Å². The number of thiophene rings is 1. The van der Waals surface area contributed by atoms with Gasteiger partial charge in [-0.3, -0.25) is 0 Å².